The Kier molecular flexibility index (Phi) is 7.86. The summed E-state index contributed by atoms with van der Waals surface area (Å²) >= 11 is 0. The van der Waals surface area contributed by atoms with Gasteiger partial charge >= 0.3 is 0 Å². The van der Waals surface area contributed by atoms with Crippen LogP contribution in [0.25, 0.3) is 22.2 Å². The number of benzene rings is 2. The van der Waals surface area contributed by atoms with E-state index in [2.05, 4.69) is 20.5 Å². The minimum atomic E-state index is -0.970. The SMILES string of the molecule is NCC1CCC(C(=O)NCCc2ccccc2[C@]2(c3ncc(-c4ccc5c(N)n[nH]c5c4)[nH]3)C=CC=CC2C(N)=O)CC1. The molecule has 0 bridgehead atoms. The lowest BCUT2D eigenvalue weighted by Crippen LogP contribution is -2.44. The predicted octanol–water partition coefficient (Wildman–Crippen LogP) is 3.47. The first kappa shape index (κ1) is 28.4. The molecule has 10 nitrogen and oxygen atoms in total. The van der Waals surface area contributed by atoms with E-state index in [0.717, 1.165) is 59.0 Å². The highest BCUT2D eigenvalue weighted by Gasteiger charge is 2.46. The molecule has 6 rings (SSSR count). The highest BCUT2D eigenvalue weighted by Crippen LogP contribution is 2.44. The van der Waals surface area contributed by atoms with E-state index in [1.54, 1.807) is 6.20 Å². The lowest BCUT2D eigenvalue weighted by Gasteiger charge is -2.37. The van der Waals surface area contributed by atoms with Gasteiger partial charge in [0.1, 0.15) is 5.82 Å². The number of hydrogen-bond acceptors (Lipinski definition) is 6. The smallest absolute Gasteiger partial charge is 0.226 e. The number of H-pyrrole nitrogens is 2. The van der Waals surface area contributed by atoms with Crippen LogP contribution >= 0.6 is 0 Å². The van der Waals surface area contributed by atoms with E-state index >= 15 is 0 Å². The van der Waals surface area contributed by atoms with E-state index < -0.39 is 17.2 Å². The predicted molar refractivity (Wildman–Crippen MR) is 167 cm³/mol. The van der Waals surface area contributed by atoms with Gasteiger partial charge in [0, 0.05) is 23.4 Å². The molecule has 0 spiro atoms. The zero-order chi connectivity index (χ0) is 30.0. The van der Waals surface area contributed by atoms with E-state index in [1.807, 2.05) is 66.8 Å². The summed E-state index contributed by atoms with van der Waals surface area (Å²) in [5, 5.41) is 11.1. The number of rotatable bonds is 9. The number of anilines is 1. The lowest BCUT2D eigenvalue weighted by molar-refractivity contribution is -0.126. The van der Waals surface area contributed by atoms with Crippen LogP contribution in [0.15, 0.2) is 73.0 Å². The van der Waals surface area contributed by atoms with Crippen LogP contribution in [-0.2, 0) is 21.4 Å². The lowest BCUT2D eigenvalue weighted by atomic mass is 9.65. The maximum Gasteiger partial charge on any atom is 0.226 e. The van der Waals surface area contributed by atoms with Crippen LogP contribution in [0.3, 0.4) is 0 Å². The number of nitrogens with two attached hydrogens (primary N) is 3. The van der Waals surface area contributed by atoms with Gasteiger partial charge in [-0.2, -0.15) is 5.10 Å². The Morgan fingerprint density at radius 3 is 2.67 bits per heavy atom. The van der Waals surface area contributed by atoms with Crippen molar-refractivity contribution in [1.82, 2.24) is 25.5 Å². The zero-order valence-electron chi connectivity index (χ0n) is 24.1. The van der Waals surface area contributed by atoms with Gasteiger partial charge in [-0.1, -0.05) is 54.6 Å². The van der Waals surface area contributed by atoms with Crippen molar-refractivity contribution in [2.45, 2.75) is 37.5 Å². The third-order valence-electron chi connectivity index (χ3n) is 9.15. The molecular formula is C33H38N8O2. The number of nitrogens with one attached hydrogen (secondary N) is 3. The molecular weight excluding hydrogens is 540 g/mol. The molecule has 2 atom stereocenters. The first-order valence-electron chi connectivity index (χ1n) is 14.9. The zero-order valence-corrected chi connectivity index (χ0v) is 24.1. The van der Waals surface area contributed by atoms with Crippen LogP contribution in [0, 0.1) is 17.8 Å². The molecule has 2 heterocycles. The topological polar surface area (TPSA) is 182 Å². The molecule has 0 radical (unpaired) electrons. The molecule has 4 aromatic rings. The van der Waals surface area contributed by atoms with Crippen molar-refractivity contribution in [2.24, 2.45) is 29.2 Å². The van der Waals surface area contributed by atoms with E-state index in [1.165, 1.54) is 0 Å². The molecule has 43 heavy (non-hydrogen) atoms. The number of hydrogen-bond donors (Lipinski definition) is 6. The molecule has 2 aliphatic rings. The normalized spacial score (nSPS) is 23.4. The van der Waals surface area contributed by atoms with Crippen LogP contribution in [-0.4, -0.2) is 45.1 Å². The standard InChI is InChI=1S/C33H38N8O2/c34-18-20-8-10-22(11-9-20)31(43)37-16-14-21-5-1-2-6-25(21)33(15-4-3-7-26(33)30(36)42)32-38-19-28(39-32)23-12-13-24-27(17-23)40-41-29(24)35/h1-7,12-13,15,17,19-20,22,26H,8-11,14,16,18,34H2,(H2,36,42)(H,37,43)(H,38,39)(H3,35,40,41)/t20?,22?,26?,33-/m1/s1. The Bertz CT molecular complexity index is 1690. The third kappa shape index (κ3) is 5.34. The average molecular weight is 579 g/mol. The maximum atomic E-state index is 13.0. The summed E-state index contributed by atoms with van der Waals surface area (Å²) in [6, 6.07) is 13.8. The van der Waals surface area contributed by atoms with Crippen molar-refractivity contribution in [3.63, 3.8) is 0 Å². The van der Waals surface area contributed by atoms with Gasteiger partial charge < -0.3 is 27.5 Å². The molecule has 2 amide bonds. The van der Waals surface area contributed by atoms with E-state index in [-0.39, 0.29) is 11.8 Å². The number of imidazole rings is 1. The minimum absolute atomic E-state index is 0.0361. The molecule has 0 saturated heterocycles. The van der Waals surface area contributed by atoms with Gasteiger partial charge in [0.05, 0.1) is 28.7 Å². The Hall–Kier alpha value is -4.70. The third-order valence-corrected chi connectivity index (χ3v) is 9.15. The summed E-state index contributed by atoms with van der Waals surface area (Å²) in [6.07, 6.45) is 13.7. The average Bonchev–Trinajstić information content (AvgIpc) is 3.68. The fraction of sp³-hybridized carbons (Fsp3) is 0.333. The highest BCUT2D eigenvalue weighted by atomic mass is 16.2. The summed E-state index contributed by atoms with van der Waals surface area (Å²) in [5.74, 6) is 0.574. The summed E-state index contributed by atoms with van der Waals surface area (Å²) in [7, 11) is 0. The molecule has 1 saturated carbocycles. The van der Waals surface area contributed by atoms with Crippen molar-refractivity contribution in [2.75, 3.05) is 18.8 Å². The number of aromatic nitrogens is 4. The molecule has 2 aromatic heterocycles. The van der Waals surface area contributed by atoms with Crippen molar-refractivity contribution in [3.8, 4) is 11.3 Å². The van der Waals surface area contributed by atoms with Gasteiger partial charge in [0.2, 0.25) is 11.8 Å². The van der Waals surface area contributed by atoms with Crippen LogP contribution < -0.4 is 22.5 Å². The quantitative estimate of drug-likeness (QED) is 0.177. The second-order valence-corrected chi connectivity index (χ2v) is 11.7. The van der Waals surface area contributed by atoms with Crippen molar-refractivity contribution in [3.05, 3.63) is 89.9 Å². The molecule has 222 valence electrons. The van der Waals surface area contributed by atoms with Gasteiger partial charge in [-0.3, -0.25) is 14.7 Å². The van der Waals surface area contributed by atoms with E-state index in [9.17, 15) is 9.59 Å². The number of carbonyl (C=O) groups is 2. The maximum absolute atomic E-state index is 13.0. The molecule has 2 aliphatic carbocycles. The summed E-state index contributed by atoms with van der Waals surface area (Å²) in [6.45, 7) is 1.18. The molecule has 10 heteroatoms. The molecule has 0 aliphatic heterocycles. The van der Waals surface area contributed by atoms with Crippen LogP contribution in [0.1, 0.15) is 42.6 Å². The second kappa shape index (κ2) is 11.9. The fourth-order valence-electron chi connectivity index (χ4n) is 6.72. The number of amides is 2. The number of allylic oxidation sites excluding steroid dienone is 3. The molecule has 9 N–H and O–H groups in total. The van der Waals surface area contributed by atoms with Gasteiger partial charge in [-0.25, -0.2) is 4.98 Å². The molecule has 1 unspecified atom stereocenters. The number of carbonyl (C=O) groups excluding carboxylic acids is 2. The summed E-state index contributed by atoms with van der Waals surface area (Å²) in [5.41, 5.74) is 21.3. The Labute approximate surface area is 250 Å². The number of aromatic amines is 2. The van der Waals surface area contributed by atoms with E-state index in [4.69, 9.17) is 22.2 Å². The Balaban J connectivity index is 1.30. The van der Waals surface area contributed by atoms with Gasteiger partial charge in [-0.15, -0.1) is 0 Å². The molecule has 1 fully saturated rings. The van der Waals surface area contributed by atoms with Crippen LogP contribution in [0.4, 0.5) is 5.82 Å². The Morgan fingerprint density at radius 2 is 1.88 bits per heavy atom. The van der Waals surface area contributed by atoms with Crippen molar-refractivity contribution in [1.29, 1.82) is 0 Å². The first-order valence-corrected chi connectivity index (χ1v) is 14.9. The summed E-state index contributed by atoms with van der Waals surface area (Å²) in [4.78, 5) is 34.3. The monoisotopic (exact) mass is 578 g/mol. The van der Waals surface area contributed by atoms with E-state index in [0.29, 0.717) is 37.1 Å². The largest absolute Gasteiger partial charge is 0.382 e. The van der Waals surface area contributed by atoms with Crippen molar-refractivity contribution < 1.29 is 9.59 Å². The molecule has 2 aromatic carbocycles. The van der Waals surface area contributed by atoms with Crippen LogP contribution in [0.5, 0.6) is 0 Å². The number of fused-ring (bicyclic) bond motifs is 1. The van der Waals surface area contributed by atoms with Crippen LogP contribution in [0.2, 0.25) is 0 Å². The van der Waals surface area contributed by atoms with Gasteiger partial charge in [-0.05, 0) is 67.8 Å². The number of nitrogen functional groups attached to an aromatic ring is 1. The summed E-state index contributed by atoms with van der Waals surface area (Å²) < 4.78 is 0. The Morgan fingerprint density at radius 1 is 1.07 bits per heavy atom. The minimum Gasteiger partial charge on any atom is -0.382 e. The van der Waals surface area contributed by atoms with Gasteiger partial charge in [0.25, 0.3) is 0 Å². The number of nitrogens with zero attached hydrogens (tertiary/aromatic N) is 2. The second-order valence-electron chi connectivity index (χ2n) is 11.7. The highest BCUT2D eigenvalue weighted by molar-refractivity contribution is 5.91. The number of primary amides is 1. The first-order chi connectivity index (χ1) is 20.9. The fourth-order valence-corrected chi connectivity index (χ4v) is 6.72. The van der Waals surface area contributed by atoms with Gasteiger partial charge in [0.15, 0.2) is 5.82 Å². The van der Waals surface area contributed by atoms with Crippen molar-refractivity contribution >= 4 is 28.5 Å².